The fourth-order valence-electron chi connectivity index (χ4n) is 16.8. The standard InChI is InChI=1S/C44H64N5O4P.C35H47N3O3.C15H32N3OP.C4H11NO2.2HI/c1-10-47-38-22-15-13-20-36(38)43(6,7)40(47)24-18-25-41-44(8,9)37-21-14-16-23-39(37)48(41)29-17-11-12-26-42(50)46-28-31-51-32-33-53-54(52-30-19-27-45)49(34(2)3)35(4)5;1-6-37-29-17-11-9-15-27(29)34(2,3)31(37)19-14-20-32-35(4,5)28-16-10-12-18-30(28)38(32)23-13-7-8-21-33(40)36-22-25-41-26-24-39;1-12(2)17(13(3)4)20(19-11-9-10-16)18(14(5)6)15(7)8;5-1-3-7-4-2-6;;/h13-16,18,20-25,34-35H,10-12,17,19,26,28-33H2,1-9H3;9-12,14-20,39H,6-8,13,21-26H2,1-5H3;12-15H,9,11H2,1-8H3;6H,1-5H2;2*1H. The number of carbonyl (C=O) groups is 2. The molecule has 0 radical (unpaired) electrons. The number of anilines is 2. The molecule has 6 N–H and O–H groups in total. The molecule has 692 valence electrons. The number of likely N-dealkylation sites (N-methyl/N-ethyl adjacent to an activating group) is 2. The molecule has 4 aromatic rings. The minimum atomic E-state index is -1.28. The molecule has 0 spiro atoms. The third-order valence-corrected chi connectivity index (χ3v) is 27.5. The van der Waals surface area contributed by atoms with Crippen molar-refractivity contribution in [3.05, 3.63) is 167 Å². The Kier molecular flexibility index (Phi) is 53.0. The quantitative estimate of drug-likeness (QED) is 0.0119. The second kappa shape index (κ2) is 58.3. The minimum Gasteiger partial charge on any atom is -1.00 e. The maximum atomic E-state index is 12.6. The number of fused-ring (bicyclic) bond motifs is 4. The van der Waals surface area contributed by atoms with Crippen LogP contribution in [0.5, 0.6) is 0 Å². The zero-order valence-electron chi connectivity index (χ0n) is 79.4. The van der Waals surface area contributed by atoms with Crippen LogP contribution in [0.25, 0.3) is 0 Å². The Labute approximate surface area is 784 Å². The lowest BCUT2D eigenvalue weighted by atomic mass is 9.81. The second-order valence-corrected chi connectivity index (χ2v) is 38.0. The van der Waals surface area contributed by atoms with Crippen LogP contribution in [-0.2, 0) is 59.0 Å². The summed E-state index contributed by atoms with van der Waals surface area (Å²) in [7, 11) is -2.12. The highest BCUT2D eigenvalue weighted by Gasteiger charge is 2.47. The number of nitrogens with two attached hydrogens (primary N) is 1. The number of hydrogen-bond donors (Lipinski definition) is 5. The van der Waals surface area contributed by atoms with Crippen molar-refractivity contribution in [1.82, 2.24) is 24.6 Å². The minimum absolute atomic E-state index is 0. The number of benzene rings is 4. The molecule has 26 heteroatoms. The van der Waals surface area contributed by atoms with Crippen molar-refractivity contribution >= 4 is 63.0 Å². The third-order valence-electron chi connectivity index (χ3n) is 22.3. The Morgan fingerprint density at radius 3 is 1.19 bits per heavy atom. The van der Waals surface area contributed by atoms with Gasteiger partial charge in [-0.3, -0.25) is 9.59 Å². The van der Waals surface area contributed by atoms with E-state index in [4.69, 9.17) is 54.3 Å². The summed E-state index contributed by atoms with van der Waals surface area (Å²) >= 11 is 0. The van der Waals surface area contributed by atoms with Crippen molar-refractivity contribution in [2.24, 2.45) is 5.73 Å². The normalized spacial score (nSPS) is 16.0. The van der Waals surface area contributed by atoms with Crippen LogP contribution in [0.4, 0.5) is 22.7 Å². The molecule has 1 unspecified atom stereocenters. The van der Waals surface area contributed by atoms with E-state index in [1.807, 2.05) is 0 Å². The van der Waals surface area contributed by atoms with E-state index in [2.05, 4.69) is 342 Å². The molecule has 8 rings (SSSR count). The maximum absolute atomic E-state index is 12.6. The predicted octanol–water partition coefficient (Wildman–Crippen LogP) is 12.7. The van der Waals surface area contributed by atoms with Crippen molar-refractivity contribution in [3.63, 3.8) is 0 Å². The van der Waals surface area contributed by atoms with Crippen LogP contribution in [0.1, 0.15) is 239 Å². The number of nitriles is 2. The molecule has 4 aliphatic rings. The third kappa shape index (κ3) is 32.9. The Balaban J connectivity index is 0.000000497. The topological polar surface area (TPSA) is 250 Å². The average molecular weight is 1980 g/mol. The summed E-state index contributed by atoms with van der Waals surface area (Å²) in [6.45, 7) is 58.2. The lowest BCUT2D eigenvalue weighted by Gasteiger charge is -2.45. The number of ether oxygens (including phenoxy) is 3. The van der Waals surface area contributed by atoms with Crippen LogP contribution < -0.4 is 74.1 Å². The molecular weight excluding hydrogens is 1820 g/mol. The van der Waals surface area contributed by atoms with Crippen molar-refractivity contribution in [2.75, 3.05) is 128 Å². The fraction of sp³-hybridized carbons (Fsp3) is 0.612. The molecule has 4 aromatic carbocycles. The van der Waals surface area contributed by atoms with Gasteiger partial charge in [0.25, 0.3) is 8.53 Å². The zero-order chi connectivity index (χ0) is 90.2. The van der Waals surface area contributed by atoms with Gasteiger partial charge >= 0.3 is 0 Å². The van der Waals surface area contributed by atoms with E-state index in [0.29, 0.717) is 129 Å². The Hall–Kier alpha value is -5.46. The molecule has 0 fully saturated rings. The first-order valence-electron chi connectivity index (χ1n) is 45.0. The number of allylic oxidation sites excluding steroid dienone is 8. The average Bonchev–Trinajstić information content (AvgIpc) is 1.61. The summed E-state index contributed by atoms with van der Waals surface area (Å²) in [4.78, 5) is 29.6. The SMILES string of the molecule is CC(C)N(C(C)C)P(OCCC#N)N(C(C)C)C(C)C.CCN1C(=CC=CC2=[N+](CCCCCC(=O)NCCOCCO)c3ccccc3C2(C)C)C(C)(C)c2ccccc21.CCN1C(=CC=CC2=[N+](CCCCCC(=O)NCCOCCOP(OCCC#N)N(C(C)C)C(C)C)c3ccccc3C2(C)C)C(C)(C)c2ccccc21.NCCOCCO.[I-].[I-]. The van der Waals surface area contributed by atoms with Crippen molar-refractivity contribution in [1.29, 1.82) is 10.5 Å². The number of aliphatic hydroxyl groups is 2. The molecule has 0 saturated heterocycles. The summed E-state index contributed by atoms with van der Waals surface area (Å²) < 4.78 is 45.8. The van der Waals surface area contributed by atoms with Gasteiger partial charge in [0.15, 0.2) is 19.9 Å². The lowest BCUT2D eigenvalue weighted by Crippen LogP contribution is -3.00. The van der Waals surface area contributed by atoms with Crippen LogP contribution in [-0.4, -0.2) is 211 Å². The largest absolute Gasteiger partial charge is 1.00 e. The number of amides is 2. The van der Waals surface area contributed by atoms with Gasteiger partial charge in [-0.1, -0.05) is 113 Å². The highest BCUT2D eigenvalue weighted by molar-refractivity contribution is 7.47. The van der Waals surface area contributed by atoms with Crippen molar-refractivity contribution < 1.29 is 105 Å². The number of para-hydroxylation sites is 4. The van der Waals surface area contributed by atoms with E-state index in [1.165, 1.54) is 67.8 Å². The van der Waals surface area contributed by atoms with Crippen LogP contribution in [0.15, 0.2) is 145 Å². The number of carbonyl (C=O) groups excluding carboxylic acids is 2. The van der Waals surface area contributed by atoms with E-state index in [9.17, 15) is 9.59 Å². The number of hydrogen-bond acceptors (Lipinski definition) is 18. The number of aliphatic hydroxyl groups excluding tert-OH is 2. The number of nitrogens with zero attached hydrogens (tertiary/aromatic N) is 9. The first-order chi connectivity index (χ1) is 58.2. The van der Waals surface area contributed by atoms with Gasteiger partial charge in [0, 0.05) is 164 Å². The van der Waals surface area contributed by atoms with Gasteiger partial charge in [0.2, 0.25) is 23.2 Å². The van der Waals surface area contributed by atoms with Crippen LogP contribution in [0.3, 0.4) is 0 Å². The second-order valence-electron chi connectivity index (χ2n) is 34.9. The molecule has 4 heterocycles. The van der Waals surface area contributed by atoms with E-state index in [0.717, 1.165) is 64.7 Å². The van der Waals surface area contributed by atoms with Crippen LogP contribution in [0, 0.1) is 22.7 Å². The maximum Gasteiger partial charge on any atom is 0.259 e. The first-order valence-corrected chi connectivity index (χ1v) is 47.3. The Morgan fingerprint density at radius 2 is 0.823 bits per heavy atom. The summed E-state index contributed by atoms with van der Waals surface area (Å²) in [6, 6.07) is 41.5. The zero-order valence-corrected chi connectivity index (χ0v) is 85.5. The molecular formula is C98H156I2N12O10P2. The molecule has 0 bridgehead atoms. The number of rotatable bonds is 49. The number of halogens is 2. The Morgan fingerprint density at radius 1 is 0.468 bits per heavy atom. The van der Waals surface area contributed by atoms with E-state index in [1.54, 1.807) is 0 Å². The summed E-state index contributed by atoms with van der Waals surface area (Å²) in [5.74, 6) is 0.120. The first kappa shape index (κ1) is 113. The monoisotopic (exact) mass is 1980 g/mol. The number of unbranched alkanes of at least 4 members (excludes halogenated alkanes) is 4. The van der Waals surface area contributed by atoms with E-state index < -0.39 is 17.0 Å². The molecule has 1 atom stereocenters. The molecule has 0 aromatic heterocycles. The Bertz CT molecular complexity index is 4060. The molecule has 0 saturated carbocycles. The smallest absolute Gasteiger partial charge is 0.259 e. The summed E-state index contributed by atoms with van der Waals surface area (Å²) in [5.41, 5.74) is 20.7. The van der Waals surface area contributed by atoms with Gasteiger partial charge < -0.3 is 112 Å². The van der Waals surface area contributed by atoms with E-state index >= 15 is 0 Å². The lowest BCUT2D eigenvalue weighted by molar-refractivity contribution is -0.438. The van der Waals surface area contributed by atoms with Gasteiger partial charge in [0.05, 0.1) is 108 Å². The fourth-order valence-corrected chi connectivity index (χ4v) is 20.7. The molecule has 0 aliphatic carbocycles. The number of nitrogens with one attached hydrogen (secondary N) is 2. The van der Waals surface area contributed by atoms with Gasteiger partial charge in [-0.2, -0.15) is 19.7 Å². The van der Waals surface area contributed by atoms with Crippen molar-refractivity contribution in [2.45, 2.75) is 274 Å². The predicted molar refractivity (Wildman–Crippen MR) is 505 cm³/mol. The molecule has 22 nitrogen and oxygen atoms in total. The van der Waals surface area contributed by atoms with Gasteiger partial charge in [-0.05, 0) is 186 Å². The highest BCUT2D eigenvalue weighted by atomic mass is 127. The highest BCUT2D eigenvalue weighted by Crippen LogP contribution is 2.53. The van der Waals surface area contributed by atoms with E-state index in [-0.39, 0.29) is 107 Å². The summed E-state index contributed by atoms with van der Waals surface area (Å²) in [5, 5.41) is 40.4. The molecule has 4 aliphatic heterocycles. The molecule has 124 heavy (non-hydrogen) atoms. The van der Waals surface area contributed by atoms with Crippen molar-refractivity contribution in [3.8, 4) is 12.1 Å². The van der Waals surface area contributed by atoms with Crippen LogP contribution in [0.2, 0.25) is 0 Å². The van der Waals surface area contributed by atoms with Gasteiger partial charge in [-0.25, -0.2) is 14.0 Å². The van der Waals surface area contributed by atoms with Crippen LogP contribution >= 0.6 is 17.0 Å². The van der Waals surface area contributed by atoms with Gasteiger partial charge in [-0.15, -0.1) is 0 Å². The molecule has 2 amide bonds. The van der Waals surface area contributed by atoms with Gasteiger partial charge in [0.1, 0.15) is 13.1 Å². The summed E-state index contributed by atoms with van der Waals surface area (Å²) in [6.07, 6.45) is 21.2.